The van der Waals surface area contributed by atoms with Crippen LogP contribution in [0.15, 0.2) is 23.0 Å². The lowest BCUT2D eigenvalue weighted by atomic mass is 9.99. The fourth-order valence-corrected chi connectivity index (χ4v) is 4.24. The first-order chi connectivity index (χ1) is 12.3. The maximum atomic E-state index is 13.0. The van der Waals surface area contributed by atoms with Crippen LogP contribution in [-0.4, -0.2) is 40.3 Å². The van der Waals surface area contributed by atoms with Gasteiger partial charge in [-0.3, -0.25) is 9.48 Å². The molecule has 0 N–H and O–H groups in total. The highest BCUT2D eigenvalue weighted by atomic mass is 32.1. The van der Waals surface area contributed by atoms with E-state index in [0.29, 0.717) is 13.0 Å². The van der Waals surface area contributed by atoms with E-state index in [9.17, 15) is 4.79 Å². The smallest absolute Gasteiger partial charge is 0.227 e. The average Bonchev–Trinajstić information content (AvgIpc) is 3.12. The summed E-state index contributed by atoms with van der Waals surface area (Å²) < 4.78 is 8.04. The molecule has 2 aromatic heterocycles. The fraction of sp³-hybridized carbons (Fsp3) is 0.579. The Morgan fingerprint density at radius 1 is 1.40 bits per heavy atom. The number of aromatic nitrogens is 2. The fourth-order valence-electron chi connectivity index (χ4n) is 3.58. The van der Waals surface area contributed by atoms with Crippen LogP contribution in [0.3, 0.4) is 0 Å². The molecule has 0 spiro atoms. The van der Waals surface area contributed by atoms with Gasteiger partial charge < -0.3 is 9.64 Å². The standard InChI is InChI=1S/C19H25N3O2S/c1-2-22-19-16(10-20-22)5-7-21(17(19)12-24-11-14-3-4-14)18(23)9-15-6-8-25-13-15/h6,8,10,13-14,17H,2-5,7,9,11-12H2,1H3/t17-/m1/s1. The van der Waals surface area contributed by atoms with Crippen molar-refractivity contribution in [3.05, 3.63) is 39.8 Å². The summed E-state index contributed by atoms with van der Waals surface area (Å²) in [6.45, 7) is 5.06. The SMILES string of the molecule is CCn1ncc2c1[C@@H](COCC1CC1)N(C(=O)Cc1ccsc1)CC2. The summed E-state index contributed by atoms with van der Waals surface area (Å²) in [5, 5.41) is 8.60. The minimum atomic E-state index is -0.0175. The van der Waals surface area contributed by atoms with Crippen molar-refractivity contribution in [3.63, 3.8) is 0 Å². The Morgan fingerprint density at radius 2 is 2.28 bits per heavy atom. The van der Waals surface area contributed by atoms with Gasteiger partial charge in [-0.2, -0.15) is 16.4 Å². The van der Waals surface area contributed by atoms with E-state index >= 15 is 0 Å². The van der Waals surface area contributed by atoms with Crippen LogP contribution in [0.25, 0.3) is 0 Å². The van der Waals surface area contributed by atoms with Gasteiger partial charge in [-0.15, -0.1) is 0 Å². The first-order valence-corrected chi connectivity index (χ1v) is 10.1. The Kier molecular flexibility index (Phi) is 4.90. The number of hydrogen-bond donors (Lipinski definition) is 0. The normalized spacial score (nSPS) is 19.9. The minimum Gasteiger partial charge on any atom is -0.379 e. The molecule has 0 saturated heterocycles. The van der Waals surface area contributed by atoms with Gasteiger partial charge in [0, 0.05) is 19.7 Å². The van der Waals surface area contributed by atoms with E-state index in [2.05, 4.69) is 17.4 Å². The summed E-state index contributed by atoms with van der Waals surface area (Å²) >= 11 is 1.64. The summed E-state index contributed by atoms with van der Waals surface area (Å²) in [4.78, 5) is 15.0. The Hall–Kier alpha value is -1.66. The second-order valence-electron chi connectivity index (χ2n) is 7.01. The number of hydrogen-bond acceptors (Lipinski definition) is 4. The third kappa shape index (κ3) is 3.65. The van der Waals surface area contributed by atoms with Gasteiger partial charge in [0.1, 0.15) is 0 Å². The number of amides is 1. The molecule has 1 atom stereocenters. The lowest BCUT2D eigenvalue weighted by Crippen LogP contribution is -2.43. The van der Waals surface area contributed by atoms with Crippen LogP contribution in [0.5, 0.6) is 0 Å². The number of thiophene rings is 1. The molecule has 6 heteroatoms. The second kappa shape index (κ2) is 7.30. The van der Waals surface area contributed by atoms with Gasteiger partial charge in [-0.05, 0) is 60.1 Å². The lowest BCUT2D eigenvalue weighted by Gasteiger charge is -2.36. The van der Waals surface area contributed by atoms with Crippen LogP contribution < -0.4 is 0 Å². The van der Waals surface area contributed by atoms with Gasteiger partial charge >= 0.3 is 0 Å². The molecular weight excluding hydrogens is 334 g/mol. The van der Waals surface area contributed by atoms with E-state index in [0.717, 1.165) is 37.6 Å². The highest BCUT2D eigenvalue weighted by molar-refractivity contribution is 7.08. The number of aryl methyl sites for hydroxylation is 1. The second-order valence-corrected chi connectivity index (χ2v) is 7.79. The van der Waals surface area contributed by atoms with E-state index in [1.807, 2.05) is 27.2 Å². The van der Waals surface area contributed by atoms with E-state index in [4.69, 9.17) is 4.74 Å². The predicted octanol–water partition coefficient (Wildman–Crippen LogP) is 3.06. The molecule has 1 amide bonds. The molecule has 4 rings (SSSR count). The highest BCUT2D eigenvalue weighted by Crippen LogP contribution is 2.33. The maximum Gasteiger partial charge on any atom is 0.227 e. The van der Waals surface area contributed by atoms with Gasteiger partial charge in [0.2, 0.25) is 5.91 Å². The van der Waals surface area contributed by atoms with Crippen molar-refractivity contribution >= 4 is 17.2 Å². The number of ether oxygens (including phenoxy) is 1. The quantitative estimate of drug-likeness (QED) is 0.763. The van der Waals surface area contributed by atoms with Gasteiger partial charge in [0.15, 0.2) is 0 Å². The van der Waals surface area contributed by atoms with Gasteiger partial charge in [-0.1, -0.05) is 0 Å². The summed E-state index contributed by atoms with van der Waals surface area (Å²) in [7, 11) is 0. The molecular formula is C19H25N3O2S. The highest BCUT2D eigenvalue weighted by Gasteiger charge is 2.34. The molecule has 2 aromatic rings. The number of nitrogens with zero attached hydrogens (tertiary/aromatic N) is 3. The third-order valence-corrected chi connectivity index (χ3v) is 5.89. The number of rotatable bonds is 7. The zero-order valence-electron chi connectivity index (χ0n) is 14.7. The molecule has 3 heterocycles. The molecule has 1 aliphatic heterocycles. The predicted molar refractivity (Wildman–Crippen MR) is 97.6 cm³/mol. The van der Waals surface area contributed by atoms with Crippen molar-refractivity contribution in [2.24, 2.45) is 5.92 Å². The Bertz CT molecular complexity index is 708. The van der Waals surface area contributed by atoms with Crippen LogP contribution in [0.4, 0.5) is 0 Å². The molecule has 2 aliphatic rings. The maximum absolute atomic E-state index is 13.0. The molecule has 1 aliphatic carbocycles. The van der Waals surface area contributed by atoms with Crippen molar-refractivity contribution in [2.75, 3.05) is 19.8 Å². The van der Waals surface area contributed by atoms with Gasteiger partial charge in [0.05, 0.1) is 31.0 Å². The molecule has 25 heavy (non-hydrogen) atoms. The molecule has 0 radical (unpaired) electrons. The summed E-state index contributed by atoms with van der Waals surface area (Å²) in [5.74, 6) is 0.919. The van der Waals surface area contributed by atoms with Crippen LogP contribution in [0.2, 0.25) is 0 Å². The van der Waals surface area contributed by atoms with E-state index in [1.54, 1.807) is 11.3 Å². The Labute approximate surface area is 152 Å². The largest absolute Gasteiger partial charge is 0.379 e. The summed E-state index contributed by atoms with van der Waals surface area (Å²) in [5.41, 5.74) is 3.53. The first kappa shape index (κ1) is 16.8. The zero-order valence-corrected chi connectivity index (χ0v) is 15.5. The molecule has 0 aromatic carbocycles. The third-order valence-electron chi connectivity index (χ3n) is 5.16. The monoisotopic (exact) mass is 359 g/mol. The Morgan fingerprint density at radius 3 is 3.00 bits per heavy atom. The van der Waals surface area contributed by atoms with Crippen LogP contribution in [0.1, 0.15) is 42.6 Å². The molecule has 134 valence electrons. The zero-order chi connectivity index (χ0) is 17.2. The van der Waals surface area contributed by atoms with Crippen molar-refractivity contribution in [3.8, 4) is 0 Å². The van der Waals surface area contributed by atoms with Crippen LogP contribution in [-0.2, 0) is 28.9 Å². The van der Waals surface area contributed by atoms with E-state index in [-0.39, 0.29) is 11.9 Å². The summed E-state index contributed by atoms with van der Waals surface area (Å²) in [6.07, 6.45) is 5.88. The van der Waals surface area contributed by atoms with Crippen molar-refractivity contribution in [1.82, 2.24) is 14.7 Å². The minimum absolute atomic E-state index is 0.0175. The topological polar surface area (TPSA) is 47.4 Å². The van der Waals surface area contributed by atoms with E-state index < -0.39 is 0 Å². The van der Waals surface area contributed by atoms with Crippen molar-refractivity contribution < 1.29 is 9.53 Å². The molecule has 1 saturated carbocycles. The van der Waals surface area contributed by atoms with Crippen molar-refractivity contribution in [2.45, 2.75) is 45.2 Å². The van der Waals surface area contributed by atoms with E-state index in [1.165, 1.54) is 24.1 Å². The first-order valence-electron chi connectivity index (χ1n) is 9.19. The van der Waals surface area contributed by atoms with Crippen LogP contribution >= 0.6 is 11.3 Å². The average molecular weight is 359 g/mol. The number of fused-ring (bicyclic) bond motifs is 1. The molecule has 0 bridgehead atoms. The van der Waals surface area contributed by atoms with Gasteiger partial charge in [-0.25, -0.2) is 0 Å². The number of carbonyl (C=O) groups excluding carboxylic acids is 1. The summed E-state index contributed by atoms with van der Waals surface area (Å²) in [6, 6.07) is 2.02. The number of carbonyl (C=O) groups is 1. The van der Waals surface area contributed by atoms with Gasteiger partial charge in [0.25, 0.3) is 0 Å². The molecule has 5 nitrogen and oxygen atoms in total. The lowest BCUT2D eigenvalue weighted by molar-refractivity contribution is -0.135. The molecule has 1 fully saturated rings. The van der Waals surface area contributed by atoms with Crippen molar-refractivity contribution in [1.29, 1.82) is 0 Å². The van der Waals surface area contributed by atoms with Crippen LogP contribution in [0, 0.1) is 5.92 Å². The molecule has 0 unspecified atom stereocenters. The Balaban J connectivity index is 1.54.